The number of fused-ring (bicyclic) bond motifs is 1. The van der Waals surface area contributed by atoms with E-state index in [1.54, 1.807) is 30.6 Å². The van der Waals surface area contributed by atoms with Gasteiger partial charge in [0, 0.05) is 30.9 Å². The van der Waals surface area contributed by atoms with Gasteiger partial charge < -0.3 is 20.4 Å². The molecule has 3 N–H and O–H groups in total. The van der Waals surface area contributed by atoms with Crippen molar-refractivity contribution >= 4 is 69.0 Å². The highest BCUT2D eigenvalue weighted by atomic mass is 16.4. The molecule has 2 heterocycles. The molecule has 8 nitrogen and oxygen atoms in total. The average molecular weight is 637 g/mol. The second-order valence-corrected chi connectivity index (χ2v) is 11.0. The predicted molar refractivity (Wildman–Crippen MR) is 198 cm³/mol. The summed E-state index contributed by atoms with van der Waals surface area (Å²) in [6, 6.07) is 34.7. The molecule has 0 spiro atoms. The zero-order chi connectivity index (χ0) is 32.8. The van der Waals surface area contributed by atoms with Crippen LogP contribution in [-0.2, 0) is 0 Å². The second-order valence-electron chi connectivity index (χ2n) is 11.0. The Labute approximate surface area is 279 Å². The summed E-state index contributed by atoms with van der Waals surface area (Å²) in [5.41, 5.74) is 7.23. The third-order valence-corrected chi connectivity index (χ3v) is 7.97. The van der Waals surface area contributed by atoms with Gasteiger partial charge in [-0.05, 0) is 81.6 Å². The average Bonchev–Trinajstić information content (AvgIpc) is 3.84. The van der Waals surface area contributed by atoms with Crippen LogP contribution in [0, 0.1) is 0 Å². The van der Waals surface area contributed by atoms with Crippen molar-refractivity contribution in [3.63, 3.8) is 0 Å². The summed E-state index contributed by atoms with van der Waals surface area (Å²) in [6.07, 6.45) is 7.53. The Morgan fingerprint density at radius 3 is 1.85 bits per heavy atom. The van der Waals surface area contributed by atoms with Gasteiger partial charge in [-0.1, -0.05) is 80.2 Å². The number of anilines is 4. The van der Waals surface area contributed by atoms with Crippen LogP contribution in [0.1, 0.15) is 39.3 Å². The van der Waals surface area contributed by atoms with E-state index in [9.17, 15) is 19.8 Å². The first-order chi connectivity index (χ1) is 22.9. The van der Waals surface area contributed by atoms with Crippen molar-refractivity contribution in [3.05, 3.63) is 144 Å². The molecule has 48 heavy (non-hydrogen) atoms. The number of nitrogens with zero attached hydrogens (tertiary/aromatic N) is 3. The first-order valence-electron chi connectivity index (χ1n) is 15.1. The normalized spacial score (nSPS) is 12.8. The van der Waals surface area contributed by atoms with Gasteiger partial charge in [0.05, 0.1) is 35.6 Å². The lowest BCUT2D eigenvalue weighted by Gasteiger charge is -2.22. The van der Waals surface area contributed by atoms with Gasteiger partial charge in [0.25, 0.3) is 0 Å². The van der Waals surface area contributed by atoms with Crippen LogP contribution in [0.15, 0.2) is 131 Å². The molecule has 0 fully saturated rings. The minimum atomic E-state index is -0.953. The van der Waals surface area contributed by atoms with E-state index >= 15 is 0 Å². The number of aliphatic imine (C=N–C) groups is 2. The number of benzene rings is 5. The lowest BCUT2D eigenvalue weighted by atomic mass is 10.0. The number of rotatable bonds is 8. The summed E-state index contributed by atoms with van der Waals surface area (Å²) in [5.74, 6) is -1.89. The SMILES string of the molecule is C.CN(c1ccc2ccccc2c1)c1ccc(C2=CCN=C2)cc1C(=O)O.O=C(O)c1cc(C2=CCN=C2)ccc1Nc1ccccc1. The summed E-state index contributed by atoms with van der Waals surface area (Å²) >= 11 is 0. The van der Waals surface area contributed by atoms with Gasteiger partial charge in [-0.25, -0.2) is 9.59 Å². The van der Waals surface area contributed by atoms with Crippen LogP contribution >= 0.6 is 0 Å². The summed E-state index contributed by atoms with van der Waals surface area (Å²) in [4.78, 5) is 33.6. The molecule has 2 aliphatic heterocycles. The fourth-order valence-corrected chi connectivity index (χ4v) is 5.48. The van der Waals surface area contributed by atoms with E-state index in [2.05, 4.69) is 39.6 Å². The van der Waals surface area contributed by atoms with Gasteiger partial charge in [-0.3, -0.25) is 9.98 Å². The van der Waals surface area contributed by atoms with E-state index in [4.69, 9.17) is 0 Å². The van der Waals surface area contributed by atoms with Crippen LogP contribution in [0.2, 0.25) is 0 Å². The van der Waals surface area contributed by atoms with E-state index in [0.717, 1.165) is 44.4 Å². The molecule has 240 valence electrons. The number of para-hydroxylation sites is 1. The molecule has 0 aromatic heterocycles. The van der Waals surface area contributed by atoms with Gasteiger partial charge in [0.15, 0.2) is 0 Å². The summed E-state index contributed by atoms with van der Waals surface area (Å²) in [6.45, 7) is 1.30. The number of carbonyl (C=O) groups is 2. The number of nitrogens with one attached hydrogen (secondary N) is 1. The Balaban J connectivity index is 0.000000188. The van der Waals surface area contributed by atoms with Crippen LogP contribution < -0.4 is 10.2 Å². The lowest BCUT2D eigenvalue weighted by molar-refractivity contribution is 0.0687. The maximum atomic E-state index is 11.9. The summed E-state index contributed by atoms with van der Waals surface area (Å²) in [7, 11) is 1.89. The predicted octanol–water partition coefficient (Wildman–Crippen LogP) is 9.01. The Morgan fingerprint density at radius 1 is 0.667 bits per heavy atom. The third kappa shape index (κ3) is 7.40. The first kappa shape index (κ1) is 33.1. The molecule has 8 heteroatoms. The Hall–Kier alpha value is -6.28. The first-order valence-corrected chi connectivity index (χ1v) is 15.1. The molecule has 5 aromatic carbocycles. The van der Waals surface area contributed by atoms with Crippen LogP contribution in [-0.4, -0.2) is 54.7 Å². The van der Waals surface area contributed by atoms with Crippen molar-refractivity contribution in [1.29, 1.82) is 0 Å². The monoisotopic (exact) mass is 636 g/mol. The van der Waals surface area contributed by atoms with Crippen molar-refractivity contribution in [2.45, 2.75) is 7.43 Å². The minimum Gasteiger partial charge on any atom is -0.478 e. The largest absolute Gasteiger partial charge is 0.478 e. The van der Waals surface area contributed by atoms with Crippen molar-refractivity contribution in [3.8, 4) is 0 Å². The van der Waals surface area contributed by atoms with Gasteiger partial charge in [-0.2, -0.15) is 0 Å². The fourth-order valence-electron chi connectivity index (χ4n) is 5.48. The zero-order valence-electron chi connectivity index (χ0n) is 25.7. The number of aromatic carboxylic acids is 2. The highest BCUT2D eigenvalue weighted by Crippen LogP contribution is 2.32. The molecule has 0 unspecified atom stereocenters. The van der Waals surface area contributed by atoms with Crippen molar-refractivity contribution in [2.24, 2.45) is 9.98 Å². The van der Waals surface area contributed by atoms with Crippen LogP contribution in [0.3, 0.4) is 0 Å². The lowest BCUT2D eigenvalue weighted by Crippen LogP contribution is -2.14. The van der Waals surface area contributed by atoms with Gasteiger partial charge in [-0.15, -0.1) is 0 Å². The van der Waals surface area contributed by atoms with Crippen molar-refractivity contribution < 1.29 is 19.8 Å². The topological polar surface area (TPSA) is 115 Å². The minimum absolute atomic E-state index is 0. The van der Waals surface area contributed by atoms with E-state index in [1.807, 2.05) is 90.8 Å². The summed E-state index contributed by atoms with van der Waals surface area (Å²) in [5, 5.41) is 24.6. The van der Waals surface area contributed by atoms with Crippen molar-refractivity contribution in [2.75, 3.05) is 30.4 Å². The van der Waals surface area contributed by atoms with Crippen LogP contribution in [0.4, 0.5) is 22.7 Å². The Bertz CT molecular complexity index is 2100. The highest BCUT2D eigenvalue weighted by molar-refractivity contribution is 6.13. The van der Waals surface area contributed by atoms with Crippen molar-refractivity contribution in [1.82, 2.24) is 0 Å². The fraction of sp³-hybridized carbons (Fsp3) is 0.100. The van der Waals surface area contributed by atoms with Crippen LogP contribution in [0.25, 0.3) is 21.9 Å². The van der Waals surface area contributed by atoms with E-state index in [-0.39, 0.29) is 18.6 Å². The second kappa shape index (κ2) is 14.9. The molecule has 0 saturated carbocycles. The molecule has 0 radical (unpaired) electrons. The Morgan fingerprint density at radius 2 is 1.25 bits per heavy atom. The van der Waals surface area contributed by atoms with Gasteiger partial charge in [0.1, 0.15) is 0 Å². The van der Waals surface area contributed by atoms with Gasteiger partial charge >= 0.3 is 11.9 Å². The van der Waals surface area contributed by atoms with Crippen LogP contribution in [0.5, 0.6) is 0 Å². The maximum absolute atomic E-state index is 11.9. The van der Waals surface area contributed by atoms with E-state index in [1.165, 1.54) is 0 Å². The zero-order valence-corrected chi connectivity index (χ0v) is 25.7. The quantitative estimate of drug-likeness (QED) is 0.157. The molecule has 0 saturated heterocycles. The van der Waals surface area contributed by atoms with E-state index < -0.39 is 11.9 Å². The maximum Gasteiger partial charge on any atom is 0.337 e. The molecular formula is C40H36N4O4. The Kier molecular flexibility index (Phi) is 10.3. The molecule has 7 rings (SSSR count). The highest BCUT2D eigenvalue weighted by Gasteiger charge is 2.18. The number of hydrogen-bond acceptors (Lipinski definition) is 6. The molecule has 5 aromatic rings. The molecule has 0 aliphatic carbocycles. The molecule has 2 aliphatic rings. The number of allylic oxidation sites excluding steroid dienone is 2. The number of carboxylic acids is 2. The third-order valence-electron chi connectivity index (χ3n) is 7.97. The molecule has 0 atom stereocenters. The molecular weight excluding hydrogens is 600 g/mol. The van der Waals surface area contributed by atoms with E-state index in [0.29, 0.717) is 24.5 Å². The number of carboxylic acid groups (broad SMARTS) is 2. The summed E-state index contributed by atoms with van der Waals surface area (Å²) < 4.78 is 0. The standard InChI is InChI=1S/C22H18N2O2.C17H14N2O2.CH4/c1-24(19-8-6-15-4-2-3-5-16(15)12-19)21-9-7-17(13-20(21)22(25)26)18-10-11-23-14-18;20-17(21)15-10-12(13-8-9-18-11-13)6-7-16(15)19-14-4-2-1-3-5-14;/h2-10,12-14H,11H2,1H3,(H,25,26);1-8,10-11,19H,9H2,(H,20,21);1H4. The molecule has 0 amide bonds. The smallest absolute Gasteiger partial charge is 0.337 e. The van der Waals surface area contributed by atoms with Gasteiger partial charge in [0.2, 0.25) is 0 Å². The number of hydrogen-bond donors (Lipinski definition) is 3. The molecule has 0 bridgehead atoms.